The number of halogens is 4. The van der Waals surface area contributed by atoms with Crippen molar-refractivity contribution >= 4 is 38.9 Å². The van der Waals surface area contributed by atoms with Crippen molar-refractivity contribution in [2.24, 2.45) is 0 Å². The van der Waals surface area contributed by atoms with Gasteiger partial charge in [0.05, 0.1) is 21.2 Å². The monoisotopic (exact) mass is 508 g/mol. The van der Waals surface area contributed by atoms with Crippen LogP contribution < -0.4 is 9.21 Å². The van der Waals surface area contributed by atoms with Gasteiger partial charge in [0.15, 0.2) is 0 Å². The van der Waals surface area contributed by atoms with Crippen LogP contribution in [0.4, 0.5) is 24.5 Å². The van der Waals surface area contributed by atoms with Crippen LogP contribution in [0.25, 0.3) is 0 Å². The Kier molecular flexibility index (Phi) is 6.35. The van der Waals surface area contributed by atoms with Crippen molar-refractivity contribution in [2.45, 2.75) is 30.5 Å². The maximum Gasteiger partial charge on any atom is 0.416 e. The molecule has 0 N–H and O–H groups in total. The summed E-state index contributed by atoms with van der Waals surface area (Å²) in [6, 6.07) is 16.6. The molecular weight excluding hydrogens is 489 g/mol. The van der Waals surface area contributed by atoms with Crippen LogP contribution >= 0.6 is 11.6 Å². The first-order valence-electron chi connectivity index (χ1n) is 10.3. The number of amides is 1. The second-order valence-corrected chi connectivity index (χ2v) is 10.2. The number of sulfonamides is 1. The van der Waals surface area contributed by atoms with E-state index in [1.165, 1.54) is 29.2 Å². The van der Waals surface area contributed by atoms with Crippen LogP contribution in [-0.2, 0) is 27.4 Å². The van der Waals surface area contributed by atoms with Crippen molar-refractivity contribution in [3.63, 3.8) is 0 Å². The van der Waals surface area contributed by atoms with Crippen LogP contribution in [0.2, 0.25) is 5.02 Å². The molecule has 178 valence electrons. The van der Waals surface area contributed by atoms with Crippen molar-refractivity contribution in [3.05, 3.63) is 88.9 Å². The van der Waals surface area contributed by atoms with Gasteiger partial charge in [0.25, 0.3) is 10.0 Å². The lowest BCUT2D eigenvalue weighted by atomic mass is 10.1. The molecule has 0 aromatic heterocycles. The predicted octanol–water partition coefficient (Wildman–Crippen LogP) is 5.53. The number of carbonyl (C=O) groups is 1. The second kappa shape index (κ2) is 8.96. The highest BCUT2D eigenvalue weighted by atomic mass is 35.5. The van der Waals surface area contributed by atoms with Gasteiger partial charge in [-0.05, 0) is 55.3 Å². The van der Waals surface area contributed by atoms with E-state index < -0.39 is 39.9 Å². The topological polar surface area (TPSA) is 57.7 Å². The first kappa shape index (κ1) is 24.1. The molecule has 1 amide bonds. The molecule has 1 aliphatic heterocycles. The lowest BCUT2D eigenvalue weighted by Crippen LogP contribution is -2.45. The van der Waals surface area contributed by atoms with Gasteiger partial charge in [0.1, 0.15) is 6.54 Å². The van der Waals surface area contributed by atoms with E-state index in [0.29, 0.717) is 22.5 Å². The van der Waals surface area contributed by atoms with Gasteiger partial charge in [0.2, 0.25) is 5.91 Å². The molecule has 0 spiro atoms. The van der Waals surface area contributed by atoms with E-state index in [9.17, 15) is 26.4 Å². The van der Waals surface area contributed by atoms with Gasteiger partial charge >= 0.3 is 6.18 Å². The van der Waals surface area contributed by atoms with E-state index in [1.54, 1.807) is 18.2 Å². The van der Waals surface area contributed by atoms with Gasteiger partial charge < -0.3 is 4.90 Å². The summed E-state index contributed by atoms with van der Waals surface area (Å²) in [6.07, 6.45) is -4.15. The Morgan fingerprint density at radius 2 is 1.71 bits per heavy atom. The van der Waals surface area contributed by atoms with Gasteiger partial charge in [-0.25, -0.2) is 8.42 Å². The molecule has 10 heteroatoms. The van der Waals surface area contributed by atoms with E-state index in [-0.39, 0.29) is 16.0 Å². The van der Waals surface area contributed by atoms with Gasteiger partial charge in [-0.15, -0.1) is 0 Å². The number of hydrogen-bond acceptors (Lipinski definition) is 3. The first-order valence-corrected chi connectivity index (χ1v) is 12.2. The largest absolute Gasteiger partial charge is 0.416 e. The van der Waals surface area contributed by atoms with E-state index in [2.05, 4.69) is 0 Å². The van der Waals surface area contributed by atoms with Crippen molar-refractivity contribution in [3.8, 4) is 0 Å². The normalized spacial score (nSPS) is 15.8. The van der Waals surface area contributed by atoms with Crippen molar-refractivity contribution < 1.29 is 26.4 Å². The third kappa shape index (κ3) is 4.50. The number of anilines is 2. The number of carbonyl (C=O) groups excluding carboxylic acids is 1. The lowest BCUT2D eigenvalue weighted by Gasteiger charge is -2.29. The summed E-state index contributed by atoms with van der Waals surface area (Å²) in [7, 11) is -4.42. The SMILES string of the molecule is C[C@@H]1Cc2ccccc2N1C(=O)CN(c1cc(C(F)(F)F)ccc1Cl)S(=O)(=O)c1ccccc1. The Morgan fingerprint density at radius 1 is 1.06 bits per heavy atom. The van der Waals surface area contributed by atoms with Crippen LogP contribution in [-0.4, -0.2) is 26.9 Å². The van der Waals surface area contributed by atoms with Crippen LogP contribution in [0.15, 0.2) is 77.7 Å². The number of nitrogens with zero attached hydrogens (tertiary/aromatic N) is 2. The Hall–Kier alpha value is -3.04. The molecule has 3 aromatic rings. The minimum Gasteiger partial charge on any atom is -0.307 e. The molecule has 0 bridgehead atoms. The lowest BCUT2D eigenvalue weighted by molar-refractivity contribution is -0.137. The predicted molar refractivity (Wildman–Crippen MR) is 125 cm³/mol. The summed E-state index contributed by atoms with van der Waals surface area (Å²) in [4.78, 5) is 14.7. The molecule has 1 atom stereocenters. The molecule has 34 heavy (non-hydrogen) atoms. The van der Waals surface area contributed by atoms with Crippen molar-refractivity contribution in [1.29, 1.82) is 0 Å². The summed E-state index contributed by atoms with van der Waals surface area (Å²) < 4.78 is 68.0. The summed E-state index contributed by atoms with van der Waals surface area (Å²) in [5.41, 5.74) is 0.0754. The third-order valence-electron chi connectivity index (χ3n) is 5.63. The van der Waals surface area contributed by atoms with Crippen molar-refractivity contribution in [2.75, 3.05) is 15.7 Å². The summed E-state index contributed by atoms with van der Waals surface area (Å²) in [5.74, 6) is -0.578. The Balaban J connectivity index is 1.81. The average molecular weight is 509 g/mol. The van der Waals surface area contributed by atoms with Gasteiger partial charge in [-0.3, -0.25) is 9.10 Å². The van der Waals surface area contributed by atoms with E-state index in [1.807, 2.05) is 19.1 Å². The number of alkyl halides is 3. The molecule has 0 aliphatic carbocycles. The zero-order valence-electron chi connectivity index (χ0n) is 18.0. The fourth-order valence-corrected chi connectivity index (χ4v) is 5.76. The van der Waals surface area contributed by atoms with Crippen LogP contribution in [0.5, 0.6) is 0 Å². The van der Waals surface area contributed by atoms with Crippen molar-refractivity contribution in [1.82, 2.24) is 0 Å². The minimum atomic E-state index is -4.73. The Labute approximate surface area is 200 Å². The molecule has 0 fully saturated rings. The molecule has 5 nitrogen and oxygen atoms in total. The number of benzene rings is 3. The van der Waals surface area contributed by atoms with Gasteiger partial charge in [-0.1, -0.05) is 48.0 Å². The molecule has 0 radical (unpaired) electrons. The molecule has 0 saturated heterocycles. The zero-order valence-corrected chi connectivity index (χ0v) is 19.5. The van der Waals surface area contributed by atoms with Crippen LogP contribution in [0.1, 0.15) is 18.1 Å². The smallest absolute Gasteiger partial charge is 0.307 e. The summed E-state index contributed by atoms with van der Waals surface area (Å²) >= 11 is 6.19. The highest BCUT2D eigenvalue weighted by Gasteiger charge is 2.37. The maximum atomic E-state index is 13.5. The molecule has 1 heterocycles. The molecule has 1 aliphatic rings. The van der Waals surface area contributed by atoms with Gasteiger partial charge in [-0.2, -0.15) is 13.2 Å². The first-order chi connectivity index (χ1) is 16.0. The van der Waals surface area contributed by atoms with Crippen LogP contribution in [0.3, 0.4) is 0 Å². The third-order valence-corrected chi connectivity index (χ3v) is 7.72. The fraction of sp³-hybridized carbons (Fsp3) is 0.208. The average Bonchev–Trinajstić information content (AvgIpc) is 3.13. The highest BCUT2D eigenvalue weighted by molar-refractivity contribution is 7.92. The number of para-hydroxylation sites is 1. The quantitative estimate of drug-likeness (QED) is 0.455. The summed E-state index contributed by atoms with van der Waals surface area (Å²) in [5, 5.41) is -0.227. The fourth-order valence-electron chi connectivity index (χ4n) is 4.04. The molecular formula is C24H20ClF3N2O3S. The number of hydrogen-bond donors (Lipinski definition) is 0. The molecule has 0 unspecified atom stereocenters. The number of rotatable bonds is 5. The van der Waals surface area contributed by atoms with Gasteiger partial charge in [0, 0.05) is 11.7 Å². The molecule has 4 rings (SSSR count). The maximum absolute atomic E-state index is 13.5. The summed E-state index contributed by atoms with van der Waals surface area (Å²) in [6.45, 7) is 1.10. The molecule has 3 aromatic carbocycles. The second-order valence-electron chi connectivity index (χ2n) is 7.93. The Morgan fingerprint density at radius 3 is 2.38 bits per heavy atom. The van der Waals surface area contributed by atoms with Crippen LogP contribution in [0, 0.1) is 0 Å². The molecule has 0 saturated carbocycles. The zero-order chi connectivity index (χ0) is 24.7. The number of fused-ring (bicyclic) bond motifs is 1. The van der Waals surface area contributed by atoms with E-state index >= 15 is 0 Å². The van der Waals surface area contributed by atoms with E-state index in [4.69, 9.17) is 11.6 Å². The standard InChI is InChI=1S/C24H20ClF3N2O3S/c1-16-13-17-7-5-6-10-21(17)30(16)23(31)15-29(34(32,33)19-8-3-2-4-9-19)22-14-18(24(26,27)28)11-12-20(22)25/h2-12,14,16H,13,15H2,1H3/t16-/m1/s1. The Bertz CT molecular complexity index is 1330. The van der Waals surface area contributed by atoms with E-state index in [0.717, 1.165) is 17.7 Å². The minimum absolute atomic E-state index is 0.175. The highest BCUT2D eigenvalue weighted by Crippen LogP contribution is 2.38.